The molecule has 1 saturated carbocycles. The fraction of sp³-hybridized carbons (Fsp3) is 0.933. The van der Waals surface area contributed by atoms with Crippen molar-refractivity contribution in [3.8, 4) is 0 Å². The van der Waals surface area contributed by atoms with Crippen LogP contribution >= 0.6 is 0 Å². The van der Waals surface area contributed by atoms with E-state index < -0.39 is 0 Å². The lowest BCUT2D eigenvalue weighted by molar-refractivity contribution is 0.250. The van der Waals surface area contributed by atoms with Crippen LogP contribution < -0.4 is 5.32 Å². The van der Waals surface area contributed by atoms with E-state index in [0.29, 0.717) is 6.04 Å². The van der Waals surface area contributed by atoms with E-state index in [-0.39, 0.29) is 11.1 Å². The van der Waals surface area contributed by atoms with Gasteiger partial charge in [0.25, 0.3) is 0 Å². The first-order valence-corrected chi connectivity index (χ1v) is 7.21. The highest BCUT2D eigenvalue weighted by Gasteiger charge is 2.35. The smallest absolute Gasteiger partial charge is 0.0499 e. The van der Waals surface area contributed by atoms with Crippen molar-refractivity contribution in [2.24, 2.45) is 4.99 Å². The zero-order valence-corrected chi connectivity index (χ0v) is 12.0. The quantitative estimate of drug-likeness (QED) is 0.737. The number of hydrogen-bond donors (Lipinski definition) is 1. The Morgan fingerprint density at radius 2 is 1.47 bits per heavy atom. The van der Waals surface area contributed by atoms with Crippen molar-refractivity contribution in [3.63, 3.8) is 0 Å². The molecular formula is C15H28N2. The lowest BCUT2D eigenvalue weighted by Gasteiger charge is -2.43. The first-order valence-electron chi connectivity index (χ1n) is 7.21. The second kappa shape index (κ2) is 4.72. The lowest BCUT2D eigenvalue weighted by Crippen LogP contribution is -2.58. The van der Waals surface area contributed by atoms with Gasteiger partial charge in [-0.05, 0) is 40.5 Å². The van der Waals surface area contributed by atoms with Crippen molar-refractivity contribution in [1.82, 2.24) is 5.32 Å². The fourth-order valence-corrected chi connectivity index (χ4v) is 3.65. The summed E-state index contributed by atoms with van der Waals surface area (Å²) in [6.45, 7) is 9.18. The summed E-state index contributed by atoms with van der Waals surface area (Å²) in [7, 11) is 0. The predicted octanol–water partition coefficient (Wildman–Crippen LogP) is 3.70. The van der Waals surface area contributed by atoms with Gasteiger partial charge in [-0.25, -0.2) is 0 Å². The summed E-state index contributed by atoms with van der Waals surface area (Å²) in [5, 5.41) is 3.72. The minimum atomic E-state index is 0.204. The number of piperidine rings is 1. The van der Waals surface area contributed by atoms with E-state index in [9.17, 15) is 0 Å². The zero-order chi connectivity index (χ0) is 12.5. The summed E-state index contributed by atoms with van der Waals surface area (Å²) in [5.41, 5.74) is 1.86. The van der Waals surface area contributed by atoms with Crippen LogP contribution in [0.4, 0.5) is 0 Å². The molecule has 0 amide bonds. The monoisotopic (exact) mass is 236 g/mol. The molecule has 17 heavy (non-hydrogen) atoms. The molecule has 0 bridgehead atoms. The molecule has 0 unspecified atom stereocenters. The number of aliphatic imine (C=N–C) groups is 1. The van der Waals surface area contributed by atoms with Crippen LogP contribution in [0.3, 0.4) is 0 Å². The van der Waals surface area contributed by atoms with Gasteiger partial charge in [-0.2, -0.15) is 0 Å². The Morgan fingerprint density at radius 3 is 2.00 bits per heavy atom. The Labute approximate surface area is 106 Å². The number of nitrogens with one attached hydrogen (secondary N) is 1. The molecule has 2 aliphatic rings. The van der Waals surface area contributed by atoms with Crippen molar-refractivity contribution < 1.29 is 0 Å². The van der Waals surface area contributed by atoms with Gasteiger partial charge in [-0.1, -0.05) is 19.3 Å². The Bertz CT molecular complexity index is 278. The largest absolute Gasteiger partial charge is 0.306 e. The number of rotatable bonds is 1. The maximum Gasteiger partial charge on any atom is 0.0499 e. The molecule has 2 heteroatoms. The standard InChI is InChI=1S/C15H28N2/c1-14(2)10-13(11-15(3,4)17-14)16-12-8-6-5-7-9-12/h12,17H,5-11H2,1-4H3. The van der Waals surface area contributed by atoms with E-state index in [1.54, 1.807) is 0 Å². The maximum atomic E-state index is 5.06. The average molecular weight is 236 g/mol. The molecule has 0 aromatic rings. The molecular weight excluding hydrogens is 208 g/mol. The van der Waals surface area contributed by atoms with Crippen molar-refractivity contribution in [2.45, 2.75) is 89.8 Å². The third kappa shape index (κ3) is 3.80. The first-order chi connectivity index (χ1) is 7.86. The SMILES string of the molecule is CC1(C)CC(=NC2CCCCC2)CC(C)(C)N1. The maximum absolute atomic E-state index is 5.06. The third-order valence-corrected chi connectivity index (χ3v) is 3.91. The van der Waals surface area contributed by atoms with Crippen LogP contribution in [-0.4, -0.2) is 22.8 Å². The van der Waals surface area contributed by atoms with E-state index in [0.717, 1.165) is 12.8 Å². The highest BCUT2D eigenvalue weighted by molar-refractivity contribution is 5.87. The number of nitrogens with zero attached hydrogens (tertiary/aromatic N) is 1. The average Bonchev–Trinajstić information content (AvgIpc) is 2.13. The Kier molecular flexibility index (Phi) is 3.63. The van der Waals surface area contributed by atoms with E-state index in [1.807, 2.05) is 0 Å². The highest BCUT2D eigenvalue weighted by atomic mass is 15.1. The summed E-state index contributed by atoms with van der Waals surface area (Å²) >= 11 is 0. The zero-order valence-electron chi connectivity index (χ0n) is 12.0. The van der Waals surface area contributed by atoms with Gasteiger partial charge in [0.15, 0.2) is 0 Å². The Morgan fingerprint density at radius 1 is 0.941 bits per heavy atom. The van der Waals surface area contributed by atoms with Crippen LogP contribution in [0.1, 0.15) is 72.6 Å². The van der Waals surface area contributed by atoms with Gasteiger partial charge in [-0.15, -0.1) is 0 Å². The van der Waals surface area contributed by atoms with Crippen molar-refractivity contribution in [3.05, 3.63) is 0 Å². The molecule has 1 aliphatic heterocycles. The molecule has 0 aromatic carbocycles. The molecule has 0 aromatic heterocycles. The minimum Gasteiger partial charge on any atom is -0.306 e. The Balaban J connectivity index is 2.06. The molecule has 0 spiro atoms. The van der Waals surface area contributed by atoms with Gasteiger partial charge in [0.1, 0.15) is 0 Å². The van der Waals surface area contributed by atoms with Crippen LogP contribution in [0, 0.1) is 0 Å². The normalized spacial score (nSPS) is 29.1. The second-order valence-corrected chi connectivity index (χ2v) is 7.23. The molecule has 1 N–H and O–H groups in total. The molecule has 0 atom stereocenters. The van der Waals surface area contributed by atoms with Crippen LogP contribution in [-0.2, 0) is 0 Å². The summed E-state index contributed by atoms with van der Waals surface area (Å²) in [6, 6.07) is 0.628. The molecule has 1 aliphatic carbocycles. The van der Waals surface area contributed by atoms with Gasteiger partial charge >= 0.3 is 0 Å². The third-order valence-electron chi connectivity index (χ3n) is 3.91. The Hall–Kier alpha value is -0.370. The number of hydrogen-bond acceptors (Lipinski definition) is 2. The van der Waals surface area contributed by atoms with E-state index >= 15 is 0 Å². The van der Waals surface area contributed by atoms with Gasteiger partial charge in [-0.3, -0.25) is 4.99 Å². The molecule has 98 valence electrons. The molecule has 2 fully saturated rings. The molecule has 2 nitrogen and oxygen atoms in total. The summed E-state index contributed by atoms with van der Waals surface area (Å²) in [6.07, 6.45) is 9.05. The fourth-order valence-electron chi connectivity index (χ4n) is 3.65. The van der Waals surface area contributed by atoms with Crippen molar-refractivity contribution in [1.29, 1.82) is 0 Å². The predicted molar refractivity (Wildman–Crippen MR) is 74.8 cm³/mol. The topological polar surface area (TPSA) is 24.4 Å². The van der Waals surface area contributed by atoms with Gasteiger partial charge in [0.05, 0.1) is 0 Å². The van der Waals surface area contributed by atoms with Crippen molar-refractivity contribution >= 4 is 5.71 Å². The molecule has 0 radical (unpaired) electrons. The summed E-state index contributed by atoms with van der Waals surface area (Å²) < 4.78 is 0. The molecule has 1 heterocycles. The summed E-state index contributed by atoms with van der Waals surface area (Å²) in [5.74, 6) is 0. The van der Waals surface area contributed by atoms with Gasteiger partial charge < -0.3 is 5.32 Å². The van der Waals surface area contributed by atoms with E-state index in [4.69, 9.17) is 4.99 Å². The van der Waals surface area contributed by atoms with Crippen LogP contribution in [0.25, 0.3) is 0 Å². The van der Waals surface area contributed by atoms with Crippen LogP contribution in [0.15, 0.2) is 4.99 Å². The van der Waals surface area contributed by atoms with E-state index in [2.05, 4.69) is 33.0 Å². The van der Waals surface area contributed by atoms with Gasteiger partial charge in [0, 0.05) is 35.7 Å². The first kappa shape index (κ1) is 13.1. The lowest BCUT2D eigenvalue weighted by atomic mass is 9.81. The molecule has 2 rings (SSSR count). The van der Waals surface area contributed by atoms with Gasteiger partial charge in [0.2, 0.25) is 0 Å². The van der Waals surface area contributed by atoms with Crippen LogP contribution in [0.2, 0.25) is 0 Å². The highest BCUT2D eigenvalue weighted by Crippen LogP contribution is 2.28. The van der Waals surface area contributed by atoms with Crippen LogP contribution in [0.5, 0.6) is 0 Å². The minimum absolute atomic E-state index is 0.204. The second-order valence-electron chi connectivity index (χ2n) is 7.23. The molecule has 1 saturated heterocycles. The van der Waals surface area contributed by atoms with E-state index in [1.165, 1.54) is 37.8 Å². The summed E-state index contributed by atoms with van der Waals surface area (Å²) in [4.78, 5) is 5.06. The van der Waals surface area contributed by atoms with Crippen molar-refractivity contribution in [2.75, 3.05) is 0 Å².